The van der Waals surface area contributed by atoms with Gasteiger partial charge in [-0.15, -0.1) is 0 Å². The van der Waals surface area contributed by atoms with E-state index in [-0.39, 0.29) is 30.8 Å². The molecular formula is C26H36N2O6S. The van der Waals surface area contributed by atoms with Crippen LogP contribution in [0.5, 0.6) is 17.2 Å². The molecule has 0 bridgehead atoms. The Kier molecular flexibility index (Phi) is 8.53. The van der Waals surface area contributed by atoms with Gasteiger partial charge in [0.15, 0.2) is 11.5 Å². The fourth-order valence-corrected chi connectivity index (χ4v) is 5.22. The summed E-state index contributed by atoms with van der Waals surface area (Å²) in [5.41, 5.74) is 3.66. The molecule has 1 atom stereocenters. The van der Waals surface area contributed by atoms with Gasteiger partial charge in [-0.1, -0.05) is 13.8 Å². The number of ether oxygens (including phenoxy) is 3. The summed E-state index contributed by atoms with van der Waals surface area (Å²) in [4.78, 5) is 12.7. The van der Waals surface area contributed by atoms with Crippen LogP contribution in [0.2, 0.25) is 0 Å². The number of hydrogen-bond acceptors (Lipinski definition) is 6. The van der Waals surface area contributed by atoms with E-state index < -0.39 is 10.0 Å². The van der Waals surface area contributed by atoms with Gasteiger partial charge in [0, 0.05) is 19.0 Å². The smallest absolute Gasteiger partial charge is 0.232 e. The summed E-state index contributed by atoms with van der Waals surface area (Å²) < 4.78 is 42.8. The summed E-state index contributed by atoms with van der Waals surface area (Å²) in [6, 6.07) is 8.97. The number of sulfonamides is 1. The Hall–Kier alpha value is -2.94. The van der Waals surface area contributed by atoms with E-state index in [0.717, 1.165) is 28.7 Å². The molecule has 2 aromatic carbocycles. The van der Waals surface area contributed by atoms with Crippen LogP contribution in [0.4, 0.5) is 5.69 Å². The fourth-order valence-electron chi connectivity index (χ4n) is 4.26. The van der Waals surface area contributed by atoms with E-state index in [2.05, 4.69) is 25.2 Å². The van der Waals surface area contributed by atoms with Crippen molar-refractivity contribution in [2.45, 2.75) is 52.5 Å². The highest BCUT2D eigenvalue weighted by Crippen LogP contribution is 2.35. The highest BCUT2D eigenvalue weighted by molar-refractivity contribution is 7.92. The lowest BCUT2D eigenvalue weighted by Crippen LogP contribution is -2.33. The Morgan fingerprint density at radius 1 is 1.09 bits per heavy atom. The van der Waals surface area contributed by atoms with Gasteiger partial charge in [0.1, 0.15) is 19.0 Å². The standard InChI is InChI=1S/C26H36N2O6S/c1-17(2)21-16-22(18(3)14-24(21)32-5)19(4)27-26(29)8-7-11-28(35(6,30)31)20-9-10-23-25(15-20)34-13-12-33-23/h9-10,14-17,19H,7-8,11-13H2,1-6H3,(H,27,29)/t19-/m1/s1. The second kappa shape index (κ2) is 11.2. The van der Waals surface area contributed by atoms with Gasteiger partial charge >= 0.3 is 0 Å². The average Bonchev–Trinajstić information content (AvgIpc) is 2.80. The van der Waals surface area contributed by atoms with Gasteiger partial charge in [-0.2, -0.15) is 0 Å². The van der Waals surface area contributed by atoms with Crippen molar-refractivity contribution in [2.75, 3.05) is 37.4 Å². The van der Waals surface area contributed by atoms with Gasteiger partial charge in [0.25, 0.3) is 0 Å². The number of amides is 1. The Morgan fingerprint density at radius 3 is 2.40 bits per heavy atom. The van der Waals surface area contributed by atoms with Crippen LogP contribution in [0.1, 0.15) is 62.3 Å². The van der Waals surface area contributed by atoms with E-state index >= 15 is 0 Å². The first-order chi connectivity index (χ1) is 16.5. The molecule has 1 aliphatic heterocycles. The van der Waals surface area contributed by atoms with Crippen LogP contribution in [0.3, 0.4) is 0 Å². The molecule has 0 unspecified atom stereocenters. The maximum atomic E-state index is 12.7. The van der Waals surface area contributed by atoms with E-state index in [4.69, 9.17) is 14.2 Å². The van der Waals surface area contributed by atoms with Crippen molar-refractivity contribution in [3.8, 4) is 17.2 Å². The van der Waals surface area contributed by atoms with Crippen LogP contribution in [-0.2, 0) is 14.8 Å². The third kappa shape index (κ3) is 6.60. The number of carbonyl (C=O) groups is 1. The predicted molar refractivity (Wildman–Crippen MR) is 137 cm³/mol. The first-order valence-electron chi connectivity index (χ1n) is 11.9. The predicted octanol–water partition coefficient (Wildman–Crippen LogP) is 4.32. The Morgan fingerprint density at radius 2 is 1.77 bits per heavy atom. The van der Waals surface area contributed by atoms with Crippen LogP contribution in [0.25, 0.3) is 0 Å². The van der Waals surface area contributed by atoms with Crippen molar-refractivity contribution in [1.29, 1.82) is 0 Å². The lowest BCUT2D eigenvalue weighted by molar-refractivity contribution is -0.121. The number of hydrogen-bond donors (Lipinski definition) is 1. The molecule has 0 aliphatic carbocycles. The summed E-state index contributed by atoms with van der Waals surface area (Å²) in [6.07, 6.45) is 1.73. The molecule has 2 aromatic rings. The van der Waals surface area contributed by atoms with Crippen molar-refractivity contribution >= 4 is 21.6 Å². The first-order valence-corrected chi connectivity index (χ1v) is 13.7. The number of anilines is 1. The zero-order valence-electron chi connectivity index (χ0n) is 21.4. The minimum Gasteiger partial charge on any atom is -0.496 e. The minimum atomic E-state index is -3.54. The molecule has 0 saturated heterocycles. The summed E-state index contributed by atoms with van der Waals surface area (Å²) in [6.45, 7) is 9.23. The Labute approximate surface area is 208 Å². The quantitative estimate of drug-likeness (QED) is 0.518. The SMILES string of the molecule is COc1cc(C)c([C@@H](C)NC(=O)CCCN(c2ccc3c(c2)OCCO3)S(C)(=O)=O)cc1C(C)C. The van der Waals surface area contributed by atoms with Crippen LogP contribution in [0.15, 0.2) is 30.3 Å². The van der Waals surface area contributed by atoms with Crippen LogP contribution >= 0.6 is 0 Å². The molecule has 9 heteroatoms. The summed E-state index contributed by atoms with van der Waals surface area (Å²) in [5, 5.41) is 3.05. The topological polar surface area (TPSA) is 94.2 Å². The average molecular weight is 505 g/mol. The zero-order chi connectivity index (χ0) is 25.8. The molecule has 0 saturated carbocycles. The van der Waals surface area contributed by atoms with Gasteiger partial charge < -0.3 is 19.5 Å². The molecule has 1 aliphatic rings. The number of nitrogens with one attached hydrogen (secondary N) is 1. The number of methoxy groups -OCH3 is 1. The normalized spacial score (nSPS) is 13.9. The van der Waals surface area contributed by atoms with E-state index in [1.165, 1.54) is 4.31 Å². The van der Waals surface area contributed by atoms with E-state index in [0.29, 0.717) is 36.8 Å². The lowest BCUT2D eigenvalue weighted by Gasteiger charge is -2.25. The third-order valence-corrected chi connectivity index (χ3v) is 7.26. The molecule has 1 amide bonds. The third-order valence-electron chi connectivity index (χ3n) is 6.06. The molecule has 0 fully saturated rings. The molecular weight excluding hydrogens is 468 g/mol. The van der Waals surface area contributed by atoms with Crippen molar-refractivity contribution in [3.63, 3.8) is 0 Å². The van der Waals surface area contributed by atoms with Gasteiger partial charge in [0.2, 0.25) is 15.9 Å². The Bertz CT molecular complexity index is 1160. The van der Waals surface area contributed by atoms with E-state index in [1.54, 1.807) is 25.3 Å². The van der Waals surface area contributed by atoms with Gasteiger partial charge in [-0.05, 0) is 67.1 Å². The van der Waals surface area contributed by atoms with E-state index in [1.807, 2.05) is 19.9 Å². The fraction of sp³-hybridized carbons (Fsp3) is 0.500. The lowest BCUT2D eigenvalue weighted by atomic mass is 9.93. The zero-order valence-corrected chi connectivity index (χ0v) is 22.2. The van der Waals surface area contributed by atoms with Crippen LogP contribution < -0.4 is 23.8 Å². The summed E-state index contributed by atoms with van der Waals surface area (Å²) in [7, 11) is -1.88. The number of nitrogens with zero attached hydrogens (tertiary/aromatic N) is 1. The second-order valence-electron chi connectivity index (χ2n) is 9.16. The summed E-state index contributed by atoms with van der Waals surface area (Å²) in [5.74, 6) is 2.12. The van der Waals surface area contributed by atoms with Crippen LogP contribution in [-0.4, -0.2) is 47.4 Å². The number of benzene rings is 2. The molecule has 8 nitrogen and oxygen atoms in total. The monoisotopic (exact) mass is 504 g/mol. The molecule has 192 valence electrons. The number of carbonyl (C=O) groups excluding carboxylic acids is 1. The Balaban J connectivity index is 1.64. The molecule has 0 aromatic heterocycles. The van der Waals surface area contributed by atoms with Crippen molar-refractivity contribution < 1.29 is 27.4 Å². The molecule has 3 rings (SSSR count). The van der Waals surface area contributed by atoms with Gasteiger partial charge in [0.05, 0.1) is 25.1 Å². The first kappa shape index (κ1) is 26.7. The molecule has 35 heavy (non-hydrogen) atoms. The number of aryl methyl sites for hydroxylation is 1. The maximum Gasteiger partial charge on any atom is 0.232 e. The van der Waals surface area contributed by atoms with Crippen LogP contribution in [0, 0.1) is 6.92 Å². The van der Waals surface area contributed by atoms with Crippen molar-refractivity contribution in [1.82, 2.24) is 5.32 Å². The molecule has 1 heterocycles. The maximum absolute atomic E-state index is 12.7. The second-order valence-corrected chi connectivity index (χ2v) is 11.1. The highest BCUT2D eigenvalue weighted by atomic mass is 32.2. The number of fused-ring (bicyclic) bond motifs is 1. The van der Waals surface area contributed by atoms with E-state index in [9.17, 15) is 13.2 Å². The minimum absolute atomic E-state index is 0.130. The van der Waals surface area contributed by atoms with Gasteiger partial charge in [-0.3, -0.25) is 9.10 Å². The molecule has 1 N–H and O–H groups in total. The molecule has 0 radical (unpaired) electrons. The van der Waals surface area contributed by atoms with Crippen molar-refractivity contribution in [3.05, 3.63) is 47.0 Å². The summed E-state index contributed by atoms with van der Waals surface area (Å²) >= 11 is 0. The highest BCUT2D eigenvalue weighted by Gasteiger charge is 2.22. The largest absolute Gasteiger partial charge is 0.496 e. The van der Waals surface area contributed by atoms with Gasteiger partial charge in [-0.25, -0.2) is 8.42 Å². The number of rotatable bonds is 10. The molecule has 0 spiro atoms. The van der Waals surface area contributed by atoms with Crippen molar-refractivity contribution in [2.24, 2.45) is 0 Å².